The first-order valence-electron chi connectivity index (χ1n) is 9.76. The molecule has 0 atom stereocenters. The molecule has 2 rings (SSSR count). The minimum Gasteiger partial charge on any atom is -0.360 e. The molecule has 0 unspecified atom stereocenters. The van der Waals surface area contributed by atoms with Crippen molar-refractivity contribution in [3.63, 3.8) is 0 Å². The topological polar surface area (TPSA) is 116 Å². The first kappa shape index (κ1) is 24.7. The molecule has 2 aromatic rings. The summed E-state index contributed by atoms with van der Waals surface area (Å²) in [6, 6.07) is 8.58. The molecule has 11 heteroatoms. The highest BCUT2D eigenvalue weighted by atomic mass is 32.1. The smallest absolute Gasteiger partial charge is 0.270 e. The van der Waals surface area contributed by atoms with E-state index in [0.717, 1.165) is 11.3 Å². The van der Waals surface area contributed by atoms with Crippen molar-refractivity contribution in [2.75, 3.05) is 17.2 Å². The van der Waals surface area contributed by atoms with E-state index in [-0.39, 0.29) is 27.6 Å². The monoisotopic (exact) mass is 463 g/mol. The van der Waals surface area contributed by atoms with Gasteiger partial charge in [0.15, 0.2) is 5.57 Å². The zero-order chi connectivity index (χ0) is 23.8. The predicted octanol–water partition coefficient (Wildman–Crippen LogP) is 1.43. The van der Waals surface area contributed by atoms with Crippen molar-refractivity contribution in [3.05, 3.63) is 43.8 Å². The van der Waals surface area contributed by atoms with Crippen LogP contribution in [0.3, 0.4) is 0 Å². The zero-order valence-corrected chi connectivity index (χ0v) is 18.6. The van der Waals surface area contributed by atoms with Crippen LogP contribution < -0.4 is 30.7 Å². The molecular formula is C21H23F2N5O3S. The quantitative estimate of drug-likeness (QED) is 0.548. The van der Waals surface area contributed by atoms with Crippen LogP contribution in [0.2, 0.25) is 0 Å². The normalized spacial score (nSPS) is 12.5. The lowest BCUT2D eigenvalue weighted by Gasteiger charge is -2.09. The summed E-state index contributed by atoms with van der Waals surface area (Å²) in [5, 5.41) is 17.1. The molecule has 1 aromatic carbocycles. The number of carbonyl (C=O) groups is 2. The van der Waals surface area contributed by atoms with Gasteiger partial charge in [0.25, 0.3) is 17.9 Å². The fourth-order valence-electron chi connectivity index (χ4n) is 2.57. The van der Waals surface area contributed by atoms with Gasteiger partial charge in [-0.15, -0.1) is 11.3 Å². The summed E-state index contributed by atoms with van der Waals surface area (Å²) in [6.07, 6.45) is -1.33. The molecule has 0 fully saturated rings. The highest BCUT2D eigenvalue weighted by molar-refractivity contribution is 7.07. The van der Waals surface area contributed by atoms with Crippen molar-refractivity contribution in [1.82, 2.24) is 9.88 Å². The molecule has 2 amide bonds. The molecule has 0 radical (unpaired) electrons. The fourth-order valence-corrected chi connectivity index (χ4v) is 3.65. The van der Waals surface area contributed by atoms with Crippen LogP contribution in [0.4, 0.5) is 20.2 Å². The van der Waals surface area contributed by atoms with Crippen LogP contribution in [-0.4, -0.2) is 29.4 Å². The molecule has 0 bridgehead atoms. The van der Waals surface area contributed by atoms with Gasteiger partial charge >= 0.3 is 0 Å². The molecule has 3 N–H and O–H groups in total. The second-order valence-corrected chi connectivity index (χ2v) is 7.95. The van der Waals surface area contributed by atoms with Crippen molar-refractivity contribution in [2.45, 2.75) is 33.7 Å². The Bertz CT molecular complexity index is 1210. The maximum Gasteiger partial charge on any atom is 0.270 e. The number of amides is 2. The van der Waals surface area contributed by atoms with Crippen molar-refractivity contribution >= 4 is 46.3 Å². The Kier molecular flexibility index (Phi) is 8.66. The summed E-state index contributed by atoms with van der Waals surface area (Å²) in [6.45, 7) is 4.51. The Morgan fingerprint density at radius 2 is 1.97 bits per heavy atom. The number of benzene rings is 1. The summed E-state index contributed by atoms with van der Waals surface area (Å²) in [7, 11) is 0. The number of thiazole rings is 1. The largest absolute Gasteiger partial charge is 0.360 e. The van der Waals surface area contributed by atoms with E-state index in [4.69, 9.17) is 0 Å². The van der Waals surface area contributed by atoms with E-state index in [1.165, 1.54) is 10.8 Å². The first-order chi connectivity index (χ1) is 15.2. The summed E-state index contributed by atoms with van der Waals surface area (Å²) >= 11 is 0.899. The SMILES string of the molecule is CCn1c(=O)/c(=C\Nc2cccc(NC(=O)C(C)C)c2)s/c1=C(/C#N)C(=O)NCC(F)F. The molecule has 0 aliphatic rings. The maximum atomic E-state index is 12.7. The fraction of sp³-hybridized carbons (Fsp3) is 0.333. The average molecular weight is 464 g/mol. The van der Waals surface area contributed by atoms with E-state index < -0.39 is 30.0 Å². The second-order valence-electron chi connectivity index (χ2n) is 6.92. The second kappa shape index (κ2) is 11.2. The van der Waals surface area contributed by atoms with E-state index in [1.807, 2.05) is 5.32 Å². The first-order valence-corrected chi connectivity index (χ1v) is 10.6. The third-order valence-corrected chi connectivity index (χ3v) is 5.35. The highest BCUT2D eigenvalue weighted by Gasteiger charge is 2.16. The summed E-state index contributed by atoms with van der Waals surface area (Å²) in [5.41, 5.74) is 0.338. The molecular weight excluding hydrogens is 440 g/mol. The van der Waals surface area contributed by atoms with Crippen LogP contribution in [0.25, 0.3) is 11.8 Å². The molecule has 0 saturated heterocycles. The van der Waals surface area contributed by atoms with Crippen molar-refractivity contribution in [3.8, 4) is 6.07 Å². The van der Waals surface area contributed by atoms with Gasteiger partial charge in [-0.1, -0.05) is 19.9 Å². The highest BCUT2D eigenvalue weighted by Crippen LogP contribution is 2.15. The molecule has 0 aliphatic heterocycles. The molecule has 1 aromatic heterocycles. The molecule has 1 heterocycles. The number of nitrogens with zero attached hydrogens (tertiary/aromatic N) is 2. The Balaban J connectivity index is 2.41. The number of anilines is 2. The van der Waals surface area contributed by atoms with Crippen LogP contribution in [-0.2, 0) is 16.1 Å². The maximum absolute atomic E-state index is 12.7. The number of aromatic nitrogens is 1. The molecule has 0 saturated carbocycles. The van der Waals surface area contributed by atoms with Gasteiger partial charge in [0.1, 0.15) is 15.3 Å². The number of halogens is 2. The molecule has 0 aliphatic carbocycles. The van der Waals surface area contributed by atoms with Crippen molar-refractivity contribution in [1.29, 1.82) is 5.26 Å². The minimum absolute atomic E-state index is 0.0813. The van der Waals surface area contributed by atoms with E-state index >= 15 is 0 Å². The number of nitriles is 1. The number of hydrogen-bond acceptors (Lipinski definition) is 6. The van der Waals surface area contributed by atoms with Gasteiger partial charge in [0, 0.05) is 30.0 Å². The Morgan fingerprint density at radius 1 is 1.28 bits per heavy atom. The Labute approximate surface area is 186 Å². The van der Waals surface area contributed by atoms with Gasteiger partial charge in [-0.05, 0) is 25.1 Å². The van der Waals surface area contributed by atoms with Gasteiger partial charge in [-0.2, -0.15) is 5.26 Å². The molecule has 170 valence electrons. The number of nitrogens with one attached hydrogen (secondary N) is 3. The van der Waals surface area contributed by atoms with Crippen molar-refractivity contribution < 1.29 is 18.4 Å². The summed E-state index contributed by atoms with van der Waals surface area (Å²) in [4.78, 5) is 36.7. The molecule has 8 nitrogen and oxygen atoms in total. The summed E-state index contributed by atoms with van der Waals surface area (Å²) < 4.78 is 26.3. The van der Waals surface area contributed by atoms with Gasteiger partial charge in [-0.3, -0.25) is 19.0 Å². The van der Waals surface area contributed by atoms with Crippen LogP contribution in [0.1, 0.15) is 20.8 Å². The lowest BCUT2D eigenvalue weighted by Crippen LogP contribution is -2.35. The lowest BCUT2D eigenvalue weighted by atomic mass is 10.2. The summed E-state index contributed by atoms with van der Waals surface area (Å²) in [5.74, 6) is -1.28. The van der Waals surface area contributed by atoms with E-state index in [1.54, 1.807) is 51.1 Å². The van der Waals surface area contributed by atoms with E-state index in [9.17, 15) is 28.4 Å². The van der Waals surface area contributed by atoms with Crippen LogP contribution >= 0.6 is 11.3 Å². The average Bonchev–Trinajstić information content (AvgIpc) is 3.06. The van der Waals surface area contributed by atoms with Crippen LogP contribution in [0.5, 0.6) is 0 Å². The van der Waals surface area contributed by atoms with Crippen molar-refractivity contribution in [2.24, 2.45) is 5.92 Å². The number of rotatable bonds is 8. The third-order valence-electron chi connectivity index (χ3n) is 4.22. The number of carbonyl (C=O) groups excluding carboxylic acids is 2. The van der Waals surface area contributed by atoms with Crippen LogP contribution in [0, 0.1) is 17.2 Å². The standard InChI is InChI=1S/C21H23F2N5O3S/c1-4-28-20(31)16(32-21(28)15(9-24)19(30)26-11-17(22)23)10-25-13-6-5-7-14(8-13)27-18(29)12(2)3/h5-8,10,12,17,25H,4,11H2,1-3H3,(H,26,30)(H,27,29)/b16-10+,21-15-. The van der Waals surface area contributed by atoms with Gasteiger partial charge < -0.3 is 16.0 Å². The van der Waals surface area contributed by atoms with Crippen LogP contribution in [0.15, 0.2) is 29.1 Å². The third kappa shape index (κ3) is 6.24. The van der Waals surface area contributed by atoms with E-state index in [0.29, 0.717) is 11.4 Å². The molecule has 0 spiro atoms. The number of alkyl halides is 2. The number of hydrogen-bond donors (Lipinski definition) is 3. The van der Waals surface area contributed by atoms with Gasteiger partial charge in [0.05, 0.1) is 6.54 Å². The Hall–Kier alpha value is -3.52. The van der Waals surface area contributed by atoms with E-state index in [2.05, 4.69) is 10.6 Å². The minimum atomic E-state index is -2.76. The van der Waals surface area contributed by atoms with Gasteiger partial charge in [0.2, 0.25) is 5.91 Å². The molecule has 32 heavy (non-hydrogen) atoms. The van der Waals surface area contributed by atoms with Gasteiger partial charge in [-0.25, -0.2) is 8.78 Å². The zero-order valence-electron chi connectivity index (χ0n) is 17.7. The lowest BCUT2D eigenvalue weighted by molar-refractivity contribution is -0.119. The Morgan fingerprint density at radius 3 is 2.56 bits per heavy atom. The predicted molar refractivity (Wildman–Crippen MR) is 120 cm³/mol.